The van der Waals surface area contributed by atoms with Crippen LogP contribution in [0.15, 0.2) is 66.9 Å². The van der Waals surface area contributed by atoms with Crippen molar-refractivity contribution in [2.45, 2.75) is 52.4 Å². The van der Waals surface area contributed by atoms with Gasteiger partial charge in [0.1, 0.15) is 0 Å². The Balaban J connectivity index is 1.98. The van der Waals surface area contributed by atoms with Crippen LogP contribution in [0, 0.1) is 0 Å². The minimum atomic E-state index is 0.0821. The highest BCUT2D eigenvalue weighted by Crippen LogP contribution is 2.48. The lowest BCUT2D eigenvalue weighted by Gasteiger charge is -2.23. The molecule has 0 fully saturated rings. The summed E-state index contributed by atoms with van der Waals surface area (Å²) in [5, 5.41) is 2.53. The van der Waals surface area contributed by atoms with Crippen molar-refractivity contribution in [1.82, 2.24) is 4.98 Å². The fraction of sp³-hybridized carbons (Fsp3) is 0.276. The summed E-state index contributed by atoms with van der Waals surface area (Å²) in [5.41, 5.74) is 10.4. The Hall–Kier alpha value is -2.93. The van der Waals surface area contributed by atoms with E-state index in [1.54, 1.807) is 0 Å². The number of hydrogen-bond acceptors (Lipinski definition) is 1. The molecule has 1 heterocycles. The summed E-state index contributed by atoms with van der Waals surface area (Å²) >= 11 is 0. The second-order valence-corrected chi connectivity index (χ2v) is 10.6. The number of hydrogen-bond donors (Lipinski definition) is 0. The SMILES string of the molecule is CC(C)(C)c1ccc2c(c1)-c1ccccc1-c1nccc3cc(C(C)(C)C)cc-2c13. The van der Waals surface area contributed by atoms with Gasteiger partial charge in [0.05, 0.1) is 5.69 Å². The number of rotatable bonds is 0. The summed E-state index contributed by atoms with van der Waals surface area (Å²) < 4.78 is 0. The highest BCUT2D eigenvalue weighted by Gasteiger charge is 2.26. The van der Waals surface area contributed by atoms with E-state index in [0.717, 1.165) is 5.69 Å². The molecule has 0 atom stereocenters. The van der Waals surface area contributed by atoms with Crippen molar-refractivity contribution in [1.29, 1.82) is 0 Å². The summed E-state index contributed by atoms with van der Waals surface area (Å²) in [4.78, 5) is 4.88. The van der Waals surface area contributed by atoms with Gasteiger partial charge >= 0.3 is 0 Å². The molecule has 4 aromatic rings. The van der Waals surface area contributed by atoms with E-state index in [-0.39, 0.29) is 10.8 Å². The van der Waals surface area contributed by atoms with Crippen molar-refractivity contribution in [3.8, 4) is 33.5 Å². The van der Waals surface area contributed by atoms with Crippen LogP contribution >= 0.6 is 0 Å². The fourth-order valence-electron chi connectivity index (χ4n) is 4.56. The Labute approximate surface area is 179 Å². The quantitative estimate of drug-likeness (QED) is 0.259. The van der Waals surface area contributed by atoms with Crippen LogP contribution in [0.25, 0.3) is 44.3 Å². The van der Waals surface area contributed by atoms with E-state index >= 15 is 0 Å². The first-order valence-electron chi connectivity index (χ1n) is 10.8. The molecule has 0 radical (unpaired) electrons. The standard InChI is InChI=1S/C29H29N/c1-28(2,3)19-11-12-22-24(16-19)21-9-7-8-10-23(21)27-26-18(13-14-30-27)15-20(17-25(22)26)29(4,5)6/h7-17H,1-6H3. The van der Waals surface area contributed by atoms with Gasteiger partial charge in [0.25, 0.3) is 0 Å². The molecule has 3 aromatic carbocycles. The minimum Gasteiger partial charge on any atom is -0.256 e. The van der Waals surface area contributed by atoms with Gasteiger partial charge in [-0.1, -0.05) is 84.0 Å². The summed E-state index contributed by atoms with van der Waals surface area (Å²) in [7, 11) is 0. The lowest BCUT2D eigenvalue weighted by molar-refractivity contribution is 0.590. The van der Waals surface area contributed by atoms with Crippen LogP contribution in [0.4, 0.5) is 0 Å². The monoisotopic (exact) mass is 391 g/mol. The normalized spacial score (nSPS) is 13.0. The van der Waals surface area contributed by atoms with Gasteiger partial charge in [-0.3, -0.25) is 4.98 Å². The van der Waals surface area contributed by atoms with Crippen molar-refractivity contribution in [3.63, 3.8) is 0 Å². The molecule has 30 heavy (non-hydrogen) atoms. The Bertz CT molecular complexity index is 1300. The zero-order valence-corrected chi connectivity index (χ0v) is 18.8. The third kappa shape index (κ3) is 2.88. The maximum atomic E-state index is 4.88. The third-order valence-corrected chi connectivity index (χ3v) is 6.38. The predicted octanol–water partition coefficient (Wildman–Crippen LogP) is 8.14. The van der Waals surface area contributed by atoms with Gasteiger partial charge in [-0.15, -0.1) is 0 Å². The zero-order chi connectivity index (χ0) is 21.3. The highest BCUT2D eigenvalue weighted by atomic mass is 14.7. The molecule has 1 nitrogen and oxygen atoms in total. The van der Waals surface area contributed by atoms with Crippen molar-refractivity contribution in [2.24, 2.45) is 0 Å². The van der Waals surface area contributed by atoms with Crippen molar-refractivity contribution >= 4 is 10.8 Å². The molecule has 0 amide bonds. The molecular weight excluding hydrogens is 362 g/mol. The second kappa shape index (κ2) is 6.28. The predicted molar refractivity (Wildman–Crippen MR) is 129 cm³/mol. The van der Waals surface area contributed by atoms with Crippen LogP contribution in [0.1, 0.15) is 52.7 Å². The summed E-state index contributed by atoms with van der Waals surface area (Å²) in [6.45, 7) is 13.7. The van der Waals surface area contributed by atoms with Crippen LogP contribution in [0.2, 0.25) is 0 Å². The lowest BCUT2D eigenvalue weighted by Crippen LogP contribution is -2.12. The van der Waals surface area contributed by atoms with E-state index in [1.165, 1.54) is 49.7 Å². The Kier molecular flexibility index (Phi) is 3.99. The van der Waals surface area contributed by atoms with Crippen molar-refractivity contribution in [3.05, 3.63) is 78.0 Å². The summed E-state index contributed by atoms with van der Waals surface area (Å²) in [6.07, 6.45) is 1.96. The molecule has 0 N–H and O–H groups in total. The molecule has 0 bridgehead atoms. The molecule has 1 aliphatic carbocycles. The highest BCUT2D eigenvalue weighted by molar-refractivity contribution is 6.12. The molecule has 0 saturated heterocycles. The van der Waals surface area contributed by atoms with Gasteiger partial charge < -0.3 is 0 Å². The van der Waals surface area contributed by atoms with Crippen molar-refractivity contribution in [2.75, 3.05) is 0 Å². The molecule has 0 aliphatic heterocycles. The lowest BCUT2D eigenvalue weighted by atomic mass is 9.81. The van der Waals surface area contributed by atoms with Crippen LogP contribution in [-0.2, 0) is 10.8 Å². The Morgan fingerprint density at radius 2 is 1.20 bits per heavy atom. The largest absolute Gasteiger partial charge is 0.256 e. The first kappa shape index (κ1) is 19.1. The maximum Gasteiger partial charge on any atom is 0.0792 e. The number of benzene rings is 3. The van der Waals surface area contributed by atoms with Gasteiger partial charge in [-0.05, 0) is 67.8 Å². The molecule has 0 spiro atoms. The van der Waals surface area contributed by atoms with Crippen LogP contribution in [0.5, 0.6) is 0 Å². The molecular formula is C29H29N. The molecule has 0 saturated carbocycles. The molecule has 1 aliphatic rings. The number of pyridine rings is 1. The summed E-state index contributed by atoms with van der Waals surface area (Å²) in [5.74, 6) is 0. The first-order chi connectivity index (χ1) is 14.1. The molecule has 1 aromatic heterocycles. The van der Waals surface area contributed by atoms with Gasteiger partial charge in [0.2, 0.25) is 0 Å². The average Bonchev–Trinajstić information content (AvgIpc) is 2.81. The molecule has 1 heteroatoms. The van der Waals surface area contributed by atoms with Crippen LogP contribution < -0.4 is 0 Å². The maximum absolute atomic E-state index is 4.88. The third-order valence-electron chi connectivity index (χ3n) is 6.38. The topological polar surface area (TPSA) is 12.9 Å². The Morgan fingerprint density at radius 3 is 1.90 bits per heavy atom. The van der Waals surface area contributed by atoms with Gasteiger partial charge in [-0.25, -0.2) is 0 Å². The molecule has 150 valence electrons. The number of nitrogens with zero attached hydrogens (tertiary/aromatic N) is 1. The van der Waals surface area contributed by atoms with Gasteiger partial charge in [-0.2, -0.15) is 0 Å². The van der Waals surface area contributed by atoms with E-state index in [9.17, 15) is 0 Å². The van der Waals surface area contributed by atoms with E-state index in [4.69, 9.17) is 4.98 Å². The van der Waals surface area contributed by atoms with Gasteiger partial charge in [0.15, 0.2) is 0 Å². The fourth-order valence-corrected chi connectivity index (χ4v) is 4.56. The average molecular weight is 392 g/mol. The smallest absolute Gasteiger partial charge is 0.0792 e. The van der Waals surface area contributed by atoms with E-state index < -0.39 is 0 Å². The molecule has 0 unspecified atom stereocenters. The van der Waals surface area contributed by atoms with Gasteiger partial charge in [0, 0.05) is 17.1 Å². The number of fused-ring (bicyclic) bond motifs is 5. The van der Waals surface area contributed by atoms with Crippen LogP contribution in [-0.4, -0.2) is 4.98 Å². The minimum absolute atomic E-state index is 0.0821. The molecule has 5 rings (SSSR count). The Morgan fingerprint density at radius 1 is 0.567 bits per heavy atom. The van der Waals surface area contributed by atoms with E-state index in [0.29, 0.717) is 0 Å². The zero-order valence-electron chi connectivity index (χ0n) is 18.8. The first-order valence-corrected chi connectivity index (χ1v) is 10.8. The second-order valence-electron chi connectivity index (χ2n) is 10.6. The van der Waals surface area contributed by atoms with E-state index in [2.05, 4.69) is 102 Å². The van der Waals surface area contributed by atoms with E-state index in [1.807, 2.05) is 6.20 Å². The van der Waals surface area contributed by atoms with Crippen LogP contribution in [0.3, 0.4) is 0 Å². The summed E-state index contributed by atoms with van der Waals surface area (Å²) in [6, 6.07) is 22.7. The number of aromatic nitrogens is 1. The van der Waals surface area contributed by atoms with Crippen molar-refractivity contribution < 1.29 is 0 Å².